The summed E-state index contributed by atoms with van der Waals surface area (Å²) in [6.07, 6.45) is 3.04. The summed E-state index contributed by atoms with van der Waals surface area (Å²) in [5.74, 6) is 0.702. The maximum Gasteiger partial charge on any atom is 0.331 e. The van der Waals surface area contributed by atoms with Crippen LogP contribution in [-0.2, 0) is 16.1 Å². The van der Waals surface area contributed by atoms with Gasteiger partial charge in [-0.2, -0.15) is 0 Å². The van der Waals surface area contributed by atoms with E-state index in [1.807, 2.05) is 42.5 Å². The summed E-state index contributed by atoms with van der Waals surface area (Å²) in [5, 5.41) is 0.649. The third kappa shape index (κ3) is 4.58. The number of ether oxygens (including phenoxy) is 1. The number of aromatic nitrogens is 1. The molecule has 0 radical (unpaired) electrons. The first-order valence-electron chi connectivity index (χ1n) is 7.74. The fourth-order valence-electron chi connectivity index (χ4n) is 2.19. The summed E-state index contributed by atoms with van der Waals surface area (Å²) in [6, 6.07) is 16.7. The van der Waals surface area contributed by atoms with Crippen molar-refractivity contribution in [2.24, 2.45) is 0 Å². The highest BCUT2D eigenvalue weighted by Gasteiger charge is 2.12. The summed E-state index contributed by atoms with van der Waals surface area (Å²) in [7, 11) is 0. The van der Waals surface area contributed by atoms with E-state index >= 15 is 0 Å². The molecule has 1 aromatic heterocycles. The van der Waals surface area contributed by atoms with Crippen LogP contribution in [0.15, 0.2) is 65.1 Å². The number of oxazole rings is 1. The largest absolute Gasteiger partial charge is 0.456 e. The highest BCUT2D eigenvalue weighted by atomic mass is 35.5. The first-order valence-corrected chi connectivity index (χ1v) is 8.12. The average Bonchev–Trinajstić information content (AvgIpc) is 3.01. The molecule has 0 saturated carbocycles. The third-order valence-corrected chi connectivity index (χ3v) is 3.80. The quantitative estimate of drug-likeness (QED) is 0.475. The lowest BCUT2D eigenvalue weighted by molar-refractivity contribution is -0.139. The third-order valence-electron chi connectivity index (χ3n) is 3.55. The van der Waals surface area contributed by atoms with Crippen LogP contribution in [0.25, 0.3) is 17.5 Å². The van der Waals surface area contributed by atoms with Gasteiger partial charge in [0, 0.05) is 16.7 Å². The maximum absolute atomic E-state index is 11.9. The minimum atomic E-state index is -0.446. The Bertz CT molecular complexity index is 883. The van der Waals surface area contributed by atoms with Gasteiger partial charge >= 0.3 is 5.97 Å². The second-order valence-electron chi connectivity index (χ2n) is 5.38. The zero-order chi connectivity index (χ0) is 17.6. The van der Waals surface area contributed by atoms with Crippen LogP contribution in [0.2, 0.25) is 5.02 Å². The van der Waals surface area contributed by atoms with Gasteiger partial charge in [0.25, 0.3) is 0 Å². The molecular weight excluding hydrogens is 338 g/mol. The SMILES string of the molecule is Cc1oc(-c2ccccc2)nc1COC(=O)/C=C\c1ccc(Cl)cc1. The van der Waals surface area contributed by atoms with E-state index < -0.39 is 5.97 Å². The van der Waals surface area contributed by atoms with Crippen molar-refractivity contribution in [2.75, 3.05) is 0 Å². The number of carbonyl (C=O) groups excluding carboxylic acids is 1. The van der Waals surface area contributed by atoms with Crippen LogP contribution in [0.5, 0.6) is 0 Å². The van der Waals surface area contributed by atoms with Crippen molar-refractivity contribution in [2.45, 2.75) is 13.5 Å². The number of benzene rings is 2. The van der Waals surface area contributed by atoms with E-state index in [1.54, 1.807) is 25.1 Å². The van der Waals surface area contributed by atoms with Crippen molar-refractivity contribution in [3.8, 4) is 11.5 Å². The summed E-state index contributed by atoms with van der Waals surface area (Å²) in [5.41, 5.74) is 2.35. The molecule has 0 atom stereocenters. The Labute approximate surface area is 150 Å². The van der Waals surface area contributed by atoms with Gasteiger partial charge in [0.05, 0.1) is 0 Å². The molecule has 0 saturated heterocycles. The average molecular weight is 354 g/mol. The molecule has 2 aromatic carbocycles. The number of aryl methyl sites for hydroxylation is 1. The van der Waals surface area contributed by atoms with Crippen molar-refractivity contribution >= 4 is 23.6 Å². The Kier molecular flexibility index (Phi) is 5.31. The van der Waals surface area contributed by atoms with E-state index in [2.05, 4.69) is 4.98 Å². The molecule has 126 valence electrons. The second-order valence-corrected chi connectivity index (χ2v) is 5.82. The Balaban J connectivity index is 1.60. The predicted molar refractivity (Wildman–Crippen MR) is 97.0 cm³/mol. The Morgan fingerprint density at radius 1 is 1.16 bits per heavy atom. The molecular formula is C20H16ClNO3. The number of hydrogen-bond acceptors (Lipinski definition) is 4. The number of halogens is 1. The molecule has 0 aliphatic carbocycles. The van der Waals surface area contributed by atoms with Gasteiger partial charge in [-0.15, -0.1) is 0 Å². The van der Waals surface area contributed by atoms with Gasteiger partial charge in [0.1, 0.15) is 18.1 Å². The predicted octanol–water partition coefficient (Wildman–Crippen LogP) is 5.06. The van der Waals surface area contributed by atoms with Gasteiger partial charge in [0.15, 0.2) is 0 Å². The first-order chi connectivity index (χ1) is 12.1. The van der Waals surface area contributed by atoms with E-state index in [1.165, 1.54) is 6.08 Å². The van der Waals surface area contributed by atoms with E-state index in [-0.39, 0.29) is 6.61 Å². The Morgan fingerprint density at radius 3 is 2.60 bits per heavy atom. The normalized spacial score (nSPS) is 11.0. The van der Waals surface area contributed by atoms with Crippen LogP contribution in [0.1, 0.15) is 17.0 Å². The molecule has 4 nitrogen and oxygen atoms in total. The van der Waals surface area contributed by atoms with Crippen molar-refractivity contribution in [3.05, 3.63) is 82.7 Å². The summed E-state index contributed by atoms with van der Waals surface area (Å²) >= 11 is 5.82. The molecule has 1 heterocycles. The molecule has 25 heavy (non-hydrogen) atoms. The van der Waals surface area contributed by atoms with E-state index in [0.29, 0.717) is 22.4 Å². The van der Waals surface area contributed by atoms with Gasteiger partial charge in [-0.1, -0.05) is 41.9 Å². The molecule has 0 aliphatic heterocycles. The zero-order valence-corrected chi connectivity index (χ0v) is 14.4. The standard InChI is InChI=1S/C20H16ClNO3/c1-14-18(22-20(25-14)16-5-3-2-4-6-16)13-24-19(23)12-9-15-7-10-17(21)11-8-15/h2-12H,13H2,1H3/b12-9-. The summed E-state index contributed by atoms with van der Waals surface area (Å²) in [6.45, 7) is 1.86. The number of esters is 1. The summed E-state index contributed by atoms with van der Waals surface area (Å²) < 4.78 is 10.9. The molecule has 0 unspecified atom stereocenters. The lowest BCUT2D eigenvalue weighted by Gasteiger charge is -1.99. The fourth-order valence-corrected chi connectivity index (χ4v) is 2.32. The molecule has 0 spiro atoms. The monoisotopic (exact) mass is 353 g/mol. The Hall–Kier alpha value is -2.85. The maximum atomic E-state index is 11.9. The van der Waals surface area contributed by atoms with Gasteiger partial charge < -0.3 is 9.15 Å². The van der Waals surface area contributed by atoms with Gasteiger partial charge in [-0.05, 0) is 42.8 Å². The first kappa shape index (κ1) is 17.0. The van der Waals surface area contributed by atoms with Crippen LogP contribution in [-0.4, -0.2) is 11.0 Å². The van der Waals surface area contributed by atoms with Crippen LogP contribution in [0.4, 0.5) is 0 Å². The summed E-state index contributed by atoms with van der Waals surface area (Å²) in [4.78, 5) is 16.2. The van der Waals surface area contributed by atoms with Crippen molar-refractivity contribution < 1.29 is 13.9 Å². The van der Waals surface area contributed by atoms with E-state index in [0.717, 1.165) is 11.1 Å². The minimum Gasteiger partial charge on any atom is -0.456 e. The molecule has 3 aromatic rings. The smallest absolute Gasteiger partial charge is 0.331 e. The van der Waals surface area contributed by atoms with Gasteiger partial charge in [-0.25, -0.2) is 9.78 Å². The van der Waals surface area contributed by atoms with Gasteiger partial charge in [0.2, 0.25) is 5.89 Å². The number of rotatable bonds is 5. The van der Waals surface area contributed by atoms with Crippen LogP contribution in [0.3, 0.4) is 0 Å². The number of carbonyl (C=O) groups is 1. The van der Waals surface area contributed by atoms with Crippen molar-refractivity contribution in [1.29, 1.82) is 0 Å². The minimum absolute atomic E-state index is 0.0615. The second kappa shape index (κ2) is 7.81. The van der Waals surface area contributed by atoms with Gasteiger partial charge in [-0.3, -0.25) is 0 Å². The highest BCUT2D eigenvalue weighted by Crippen LogP contribution is 2.21. The molecule has 0 bridgehead atoms. The molecule has 5 heteroatoms. The van der Waals surface area contributed by atoms with E-state index in [9.17, 15) is 4.79 Å². The van der Waals surface area contributed by atoms with Crippen LogP contribution >= 0.6 is 11.6 Å². The number of nitrogens with zero attached hydrogens (tertiary/aromatic N) is 1. The van der Waals surface area contributed by atoms with Crippen LogP contribution < -0.4 is 0 Å². The highest BCUT2D eigenvalue weighted by molar-refractivity contribution is 6.30. The molecule has 0 N–H and O–H groups in total. The van der Waals surface area contributed by atoms with Crippen molar-refractivity contribution in [3.63, 3.8) is 0 Å². The van der Waals surface area contributed by atoms with Crippen molar-refractivity contribution in [1.82, 2.24) is 4.98 Å². The topological polar surface area (TPSA) is 52.3 Å². The molecule has 0 fully saturated rings. The number of hydrogen-bond donors (Lipinski definition) is 0. The lowest BCUT2D eigenvalue weighted by atomic mass is 10.2. The fraction of sp³-hybridized carbons (Fsp3) is 0.100. The molecule has 3 rings (SSSR count). The molecule has 0 aliphatic rings. The zero-order valence-electron chi connectivity index (χ0n) is 13.6. The Morgan fingerprint density at radius 2 is 1.88 bits per heavy atom. The lowest BCUT2D eigenvalue weighted by Crippen LogP contribution is -2.02. The van der Waals surface area contributed by atoms with E-state index in [4.69, 9.17) is 20.8 Å². The van der Waals surface area contributed by atoms with Crippen LogP contribution in [0, 0.1) is 6.92 Å². The molecule has 0 amide bonds.